The van der Waals surface area contributed by atoms with Gasteiger partial charge in [-0.15, -0.1) is 0 Å². The summed E-state index contributed by atoms with van der Waals surface area (Å²) >= 11 is 0. The van der Waals surface area contributed by atoms with E-state index in [2.05, 4.69) is 62.6 Å². The van der Waals surface area contributed by atoms with E-state index in [9.17, 15) is 4.39 Å². The van der Waals surface area contributed by atoms with E-state index in [-0.39, 0.29) is 11.9 Å². The molecule has 1 atom stereocenters. The first kappa shape index (κ1) is 22.0. The van der Waals surface area contributed by atoms with E-state index < -0.39 is 0 Å². The van der Waals surface area contributed by atoms with E-state index in [1.165, 1.54) is 22.9 Å². The average Bonchev–Trinajstić information content (AvgIpc) is 3.53. The van der Waals surface area contributed by atoms with Crippen LogP contribution in [0.25, 0.3) is 33.4 Å². The van der Waals surface area contributed by atoms with Gasteiger partial charge in [-0.25, -0.2) is 19.3 Å². The van der Waals surface area contributed by atoms with Crippen LogP contribution in [0.5, 0.6) is 0 Å². The molecule has 0 saturated heterocycles. The number of hydrogen-bond acceptors (Lipinski definition) is 5. The van der Waals surface area contributed by atoms with Crippen molar-refractivity contribution in [1.29, 1.82) is 0 Å². The van der Waals surface area contributed by atoms with E-state index in [4.69, 9.17) is 9.97 Å². The molecule has 3 heterocycles. The highest BCUT2D eigenvalue weighted by atomic mass is 19.1. The molecular weight excluding hydrogens is 463 g/mol. The number of aryl methyl sites for hydroxylation is 1. The van der Waals surface area contributed by atoms with Crippen molar-refractivity contribution in [3.8, 4) is 22.6 Å². The number of hydrogen-bond donors (Lipinski definition) is 2. The lowest BCUT2D eigenvalue weighted by atomic mass is 10.1. The highest BCUT2D eigenvalue weighted by Gasteiger charge is 2.31. The lowest BCUT2D eigenvalue weighted by molar-refractivity contribution is 0.559. The van der Waals surface area contributed by atoms with Crippen molar-refractivity contribution < 1.29 is 4.39 Å². The molecule has 3 aromatic carbocycles. The van der Waals surface area contributed by atoms with Gasteiger partial charge in [0.1, 0.15) is 11.6 Å². The Morgan fingerprint density at radius 2 is 1.73 bits per heavy atom. The van der Waals surface area contributed by atoms with Gasteiger partial charge in [0.15, 0.2) is 0 Å². The van der Waals surface area contributed by atoms with Crippen LogP contribution in [-0.2, 0) is 6.42 Å². The zero-order valence-electron chi connectivity index (χ0n) is 20.4. The number of anilines is 2. The van der Waals surface area contributed by atoms with E-state index >= 15 is 0 Å². The summed E-state index contributed by atoms with van der Waals surface area (Å²) in [6, 6.07) is 24.0. The van der Waals surface area contributed by atoms with Crippen molar-refractivity contribution >= 4 is 22.4 Å². The van der Waals surface area contributed by atoms with E-state index in [0.717, 1.165) is 66.4 Å². The highest BCUT2D eigenvalue weighted by Crippen LogP contribution is 2.39. The fourth-order valence-electron chi connectivity index (χ4n) is 5.30. The third-order valence-electron chi connectivity index (χ3n) is 7.29. The standard InChI is InChI=1S/C30H27FN6/c31-21-10-8-20(9-11-21)28-29(26-16-17-32-30(35-26)34-22-12-13-22)37-23(14-15-27(37)36-28)18-33-25-7-3-5-19-4-1-2-6-24(19)25/h1-11,16-17,22-23,33H,12-15,18H2,(H,32,34,35). The molecule has 2 aliphatic rings. The van der Waals surface area contributed by atoms with Crippen LogP contribution in [0, 0.1) is 5.82 Å². The Bertz CT molecular complexity index is 1580. The van der Waals surface area contributed by atoms with Gasteiger partial charge < -0.3 is 15.2 Å². The number of aromatic nitrogens is 4. The van der Waals surface area contributed by atoms with Gasteiger partial charge in [0.05, 0.1) is 23.1 Å². The molecule has 7 heteroatoms. The third-order valence-corrected chi connectivity index (χ3v) is 7.29. The van der Waals surface area contributed by atoms with Crippen LogP contribution in [0.1, 0.15) is 31.1 Å². The molecule has 1 aliphatic carbocycles. The molecule has 6 nitrogen and oxygen atoms in total. The maximum Gasteiger partial charge on any atom is 0.223 e. The van der Waals surface area contributed by atoms with Gasteiger partial charge in [-0.1, -0.05) is 36.4 Å². The lowest BCUT2D eigenvalue weighted by Gasteiger charge is -2.19. The summed E-state index contributed by atoms with van der Waals surface area (Å²) in [4.78, 5) is 14.4. The predicted molar refractivity (Wildman–Crippen MR) is 145 cm³/mol. The highest BCUT2D eigenvalue weighted by molar-refractivity contribution is 5.93. The van der Waals surface area contributed by atoms with Crippen LogP contribution in [-0.4, -0.2) is 32.1 Å². The van der Waals surface area contributed by atoms with Crippen molar-refractivity contribution in [1.82, 2.24) is 19.5 Å². The molecule has 1 unspecified atom stereocenters. The van der Waals surface area contributed by atoms with Crippen LogP contribution in [0.15, 0.2) is 79.0 Å². The van der Waals surface area contributed by atoms with Gasteiger partial charge >= 0.3 is 0 Å². The molecule has 0 radical (unpaired) electrons. The SMILES string of the molecule is Fc1ccc(-c2nc3n(c2-c2ccnc(NC4CC4)n2)C(CNc2cccc4ccccc24)CC3)cc1. The molecule has 0 bridgehead atoms. The third kappa shape index (κ3) is 4.20. The maximum atomic E-state index is 13.7. The number of fused-ring (bicyclic) bond motifs is 2. The summed E-state index contributed by atoms with van der Waals surface area (Å²) < 4.78 is 16.1. The molecule has 5 aromatic rings. The topological polar surface area (TPSA) is 67.7 Å². The molecule has 184 valence electrons. The number of benzene rings is 3. The average molecular weight is 491 g/mol. The Kier molecular flexibility index (Phi) is 5.34. The second-order valence-electron chi connectivity index (χ2n) is 9.89. The summed E-state index contributed by atoms with van der Waals surface area (Å²) in [5.41, 5.74) is 4.64. The lowest BCUT2D eigenvalue weighted by Crippen LogP contribution is -2.17. The molecule has 0 spiro atoms. The summed E-state index contributed by atoms with van der Waals surface area (Å²) in [7, 11) is 0. The monoisotopic (exact) mass is 490 g/mol. The first-order valence-corrected chi connectivity index (χ1v) is 12.9. The molecule has 1 saturated carbocycles. The number of nitrogens with one attached hydrogen (secondary N) is 2. The van der Waals surface area contributed by atoms with Gasteiger partial charge in [-0.3, -0.25) is 0 Å². The number of nitrogens with zero attached hydrogens (tertiary/aromatic N) is 4. The Morgan fingerprint density at radius 1 is 0.892 bits per heavy atom. The van der Waals surface area contributed by atoms with Crippen LogP contribution in [0.2, 0.25) is 0 Å². The molecule has 2 aromatic heterocycles. The molecule has 7 rings (SSSR count). The van der Waals surface area contributed by atoms with E-state index in [0.29, 0.717) is 12.0 Å². The fraction of sp³-hybridized carbons (Fsp3) is 0.233. The zero-order valence-corrected chi connectivity index (χ0v) is 20.4. The molecular formula is C30H27FN6. The Morgan fingerprint density at radius 3 is 2.59 bits per heavy atom. The second kappa shape index (κ2) is 9.00. The number of halogens is 1. The van der Waals surface area contributed by atoms with Gasteiger partial charge in [-0.2, -0.15) is 0 Å². The summed E-state index contributed by atoms with van der Waals surface area (Å²) in [6.07, 6.45) is 5.99. The predicted octanol–water partition coefficient (Wildman–Crippen LogP) is 6.47. The Balaban J connectivity index is 1.28. The minimum absolute atomic E-state index is 0.209. The van der Waals surface area contributed by atoms with Crippen molar-refractivity contribution in [2.75, 3.05) is 17.2 Å². The summed E-state index contributed by atoms with van der Waals surface area (Å²) in [5.74, 6) is 1.42. The summed E-state index contributed by atoms with van der Waals surface area (Å²) in [5, 5.41) is 9.56. The largest absolute Gasteiger partial charge is 0.382 e. The van der Waals surface area contributed by atoms with Crippen molar-refractivity contribution in [2.45, 2.75) is 37.8 Å². The quantitative estimate of drug-likeness (QED) is 0.274. The van der Waals surface area contributed by atoms with Crippen LogP contribution in [0.3, 0.4) is 0 Å². The summed E-state index contributed by atoms with van der Waals surface area (Å²) in [6.45, 7) is 0.769. The first-order valence-electron chi connectivity index (χ1n) is 12.9. The van der Waals surface area contributed by atoms with Gasteiger partial charge in [0, 0.05) is 41.8 Å². The molecule has 1 fully saturated rings. The first-order chi connectivity index (χ1) is 18.2. The fourth-order valence-corrected chi connectivity index (χ4v) is 5.30. The van der Waals surface area contributed by atoms with Crippen molar-refractivity contribution in [3.05, 3.63) is 90.6 Å². The molecule has 37 heavy (non-hydrogen) atoms. The minimum Gasteiger partial charge on any atom is -0.382 e. The van der Waals surface area contributed by atoms with E-state index in [1.54, 1.807) is 18.3 Å². The van der Waals surface area contributed by atoms with Crippen molar-refractivity contribution in [2.24, 2.45) is 0 Å². The molecule has 1 aliphatic heterocycles. The van der Waals surface area contributed by atoms with Gasteiger partial charge in [-0.05, 0) is 61.0 Å². The maximum absolute atomic E-state index is 13.7. The second-order valence-corrected chi connectivity index (χ2v) is 9.89. The van der Waals surface area contributed by atoms with Crippen molar-refractivity contribution in [3.63, 3.8) is 0 Å². The molecule has 2 N–H and O–H groups in total. The van der Waals surface area contributed by atoms with Gasteiger partial charge in [0.2, 0.25) is 5.95 Å². The van der Waals surface area contributed by atoms with Crippen LogP contribution < -0.4 is 10.6 Å². The number of imidazole rings is 1. The Hall–Kier alpha value is -4.26. The van der Waals surface area contributed by atoms with Crippen LogP contribution in [0.4, 0.5) is 16.0 Å². The van der Waals surface area contributed by atoms with Crippen LogP contribution >= 0.6 is 0 Å². The normalized spacial score (nSPS) is 16.6. The molecule has 0 amide bonds. The van der Waals surface area contributed by atoms with Gasteiger partial charge in [0.25, 0.3) is 0 Å². The zero-order chi connectivity index (χ0) is 24.8. The van der Waals surface area contributed by atoms with E-state index in [1.807, 2.05) is 6.07 Å². The smallest absolute Gasteiger partial charge is 0.223 e. The minimum atomic E-state index is -0.257. The number of rotatable bonds is 7. The Labute approximate surface area is 214 Å².